The maximum Gasteiger partial charge on any atom is 0.240 e. The van der Waals surface area contributed by atoms with Gasteiger partial charge in [0, 0.05) is 19.1 Å². The Morgan fingerprint density at radius 3 is 2.57 bits per heavy atom. The summed E-state index contributed by atoms with van der Waals surface area (Å²) < 4.78 is 13.2. The first-order valence-corrected chi connectivity index (χ1v) is 7.44. The zero-order chi connectivity index (χ0) is 15.6. The number of amides is 1. The minimum Gasteiger partial charge on any atom is -0.353 e. The number of piperazine rings is 1. The summed E-state index contributed by atoms with van der Waals surface area (Å²) in [6.45, 7) is 7.17. The van der Waals surface area contributed by atoms with Crippen LogP contribution < -0.4 is 11.1 Å². The summed E-state index contributed by atoms with van der Waals surface area (Å²) in [7, 11) is 0. The van der Waals surface area contributed by atoms with E-state index < -0.39 is 5.54 Å². The van der Waals surface area contributed by atoms with Crippen molar-refractivity contribution in [1.29, 1.82) is 0 Å². The fraction of sp³-hybridized carbons (Fsp3) is 0.562. The van der Waals surface area contributed by atoms with Crippen LogP contribution in [0.1, 0.15) is 38.8 Å². The van der Waals surface area contributed by atoms with Crippen molar-refractivity contribution in [3.05, 3.63) is 35.6 Å². The Morgan fingerprint density at radius 2 is 2.00 bits per heavy atom. The number of carbonyl (C=O) groups is 1. The highest BCUT2D eigenvalue weighted by molar-refractivity contribution is 5.86. The molecule has 2 unspecified atom stereocenters. The van der Waals surface area contributed by atoms with Crippen LogP contribution in [-0.2, 0) is 4.79 Å². The number of rotatable bonds is 4. The largest absolute Gasteiger partial charge is 0.353 e. The van der Waals surface area contributed by atoms with Crippen molar-refractivity contribution in [3.63, 3.8) is 0 Å². The van der Waals surface area contributed by atoms with Crippen molar-refractivity contribution < 1.29 is 9.18 Å². The van der Waals surface area contributed by atoms with Crippen molar-refractivity contribution in [2.45, 2.75) is 44.8 Å². The Labute approximate surface area is 125 Å². The molecule has 0 radical (unpaired) electrons. The molecule has 0 bridgehead atoms. The van der Waals surface area contributed by atoms with Gasteiger partial charge in [0.1, 0.15) is 5.82 Å². The predicted octanol–water partition coefficient (Wildman–Crippen LogP) is 1.81. The van der Waals surface area contributed by atoms with Crippen LogP contribution in [0.4, 0.5) is 4.39 Å². The monoisotopic (exact) mass is 293 g/mol. The van der Waals surface area contributed by atoms with E-state index in [1.165, 1.54) is 12.1 Å². The summed E-state index contributed by atoms with van der Waals surface area (Å²) >= 11 is 0. The average Bonchev–Trinajstić information content (AvgIpc) is 2.45. The number of nitrogens with two attached hydrogens (primary N) is 1. The number of carbonyl (C=O) groups excluding carboxylic acids is 1. The molecule has 0 saturated carbocycles. The van der Waals surface area contributed by atoms with E-state index in [1.807, 2.05) is 20.8 Å². The second-order valence-corrected chi connectivity index (χ2v) is 6.08. The van der Waals surface area contributed by atoms with Gasteiger partial charge in [0.05, 0.1) is 11.6 Å². The molecule has 1 fully saturated rings. The topological polar surface area (TPSA) is 58.4 Å². The molecule has 116 valence electrons. The van der Waals surface area contributed by atoms with E-state index in [2.05, 4.69) is 10.2 Å². The van der Waals surface area contributed by atoms with Gasteiger partial charge in [0.15, 0.2) is 0 Å². The molecule has 1 aliphatic heterocycles. The molecule has 2 rings (SSSR count). The third-order valence-corrected chi connectivity index (χ3v) is 4.34. The lowest BCUT2D eigenvalue weighted by Crippen LogP contribution is -2.64. The second kappa shape index (κ2) is 6.12. The van der Waals surface area contributed by atoms with Gasteiger partial charge in [-0.2, -0.15) is 0 Å². The van der Waals surface area contributed by atoms with Crippen molar-refractivity contribution in [1.82, 2.24) is 10.2 Å². The molecule has 0 aliphatic carbocycles. The molecule has 1 heterocycles. The summed E-state index contributed by atoms with van der Waals surface area (Å²) in [5.74, 6) is -0.262. The lowest BCUT2D eigenvalue weighted by atomic mass is 9.89. The van der Waals surface area contributed by atoms with Crippen LogP contribution in [0.15, 0.2) is 24.3 Å². The molecule has 5 heteroatoms. The van der Waals surface area contributed by atoms with E-state index in [-0.39, 0.29) is 23.8 Å². The van der Waals surface area contributed by atoms with E-state index in [0.717, 1.165) is 18.5 Å². The van der Waals surface area contributed by atoms with Gasteiger partial charge in [0.25, 0.3) is 0 Å². The van der Waals surface area contributed by atoms with Crippen LogP contribution in [0.2, 0.25) is 0 Å². The molecule has 1 aromatic rings. The van der Waals surface area contributed by atoms with Gasteiger partial charge in [-0.05, 0) is 38.0 Å². The quantitative estimate of drug-likeness (QED) is 0.890. The number of benzene rings is 1. The number of halogens is 1. The number of nitrogens with one attached hydrogen (secondary N) is 1. The Balaban J connectivity index is 2.40. The van der Waals surface area contributed by atoms with Crippen LogP contribution >= 0.6 is 0 Å². The van der Waals surface area contributed by atoms with Gasteiger partial charge in [0.2, 0.25) is 5.91 Å². The van der Waals surface area contributed by atoms with Crippen LogP contribution in [0.5, 0.6) is 0 Å². The van der Waals surface area contributed by atoms with Gasteiger partial charge in [-0.3, -0.25) is 9.69 Å². The van der Waals surface area contributed by atoms with Gasteiger partial charge in [-0.1, -0.05) is 19.1 Å². The highest BCUT2D eigenvalue weighted by Crippen LogP contribution is 2.33. The summed E-state index contributed by atoms with van der Waals surface area (Å²) in [4.78, 5) is 14.3. The number of hydrogen-bond donors (Lipinski definition) is 2. The van der Waals surface area contributed by atoms with E-state index in [9.17, 15) is 9.18 Å². The Bertz CT molecular complexity index is 501. The first kappa shape index (κ1) is 15.9. The molecule has 1 amide bonds. The van der Waals surface area contributed by atoms with Crippen LogP contribution in [0.3, 0.4) is 0 Å². The maximum atomic E-state index is 13.2. The highest BCUT2D eigenvalue weighted by atomic mass is 19.1. The minimum absolute atomic E-state index is 0.00386. The normalized spacial score (nSPS) is 21.7. The summed E-state index contributed by atoms with van der Waals surface area (Å²) in [6.07, 6.45) is 0.788. The Kier molecular flexibility index (Phi) is 4.64. The molecule has 21 heavy (non-hydrogen) atoms. The molecule has 3 N–H and O–H groups in total. The maximum absolute atomic E-state index is 13.2. The lowest BCUT2D eigenvalue weighted by molar-refractivity contribution is -0.137. The second-order valence-electron chi connectivity index (χ2n) is 6.08. The molecule has 2 atom stereocenters. The van der Waals surface area contributed by atoms with Gasteiger partial charge in [-0.15, -0.1) is 0 Å². The van der Waals surface area contributed by atoms with Crippen molar-refractivity contribution >= 4 is 5.91 Å². The summed E-state index contributed by atoms with van der Waals surface area (Å²) in [5.41, 5.74) is 6.64. The van der Waals surface area contributed by atoms with Crippen LogP contribution in [0, 0.1) is 5.82 Å². The third-order valence-electron chi connectivity index (χ3n) is 4.34. The van der Waals surface area contributed by atoms with Crippen LogP contribution in [-0.4, -0.2) is 35.5 Å². The molecule has 1 aromatic carbocycles. The van der Waals surface area contributed by atoms with Crippen molar-refractivity contribution in [2.75, 3.05) is 13.1 Å². The molecule has 4 nitrogen and oxygen atoms in total. The smallest absolute Gasteiger partial charge is 0.240 e. The summed E-state index contributed by atoms with van der Waals surface area (Å²) in [6, 6.07) is 6.21. The zero-order valence-electron chi connectivity index (χ0n) is 12.9. The summed E-state index contributed by atoms with van der Waals surface area (Å²) in [5, 5.41) is 2.89. The minimum atomic E-state index is -0.635. The van der Waals surface area contributed by atoms with Gasteiger partial charge >= 0.3 is 0 Å². The average molecular weight is 293 g/mol. The van der Waals surface area contributed by atoms with Crippen molar-refractivity contribution in [3.8, 4) is 0 Å². The number of nitrogens with zero attached hydrogens (tertiary/aromatic N) is 1. The van der Waals surface area contributed by atoms with Crippen LogP contribution in [0.25, 0.3) is 0 Å². The number of hydrogen-bond acceptors (Lipinski definition) is 3. The Hall–Kier alpha value is -1.46. The van der Waals surface area contributed by atoms with Gasteiger partial charge < -0.3 is 11.1 Å². The van der Waals surface area contributed by atoms with Crippen molar-refractivity contribution in [2.24, 2.45) is 5.73 Å². The molecule has 1 aliphatic rings. The predicted molar refractivity (Wildman–Crippen MR) is 81.2 cm³/mol. The molecular formula is C16H24FN3O. The molecular weight excluding hydrogens is 269 g/mol. The zero-order valence-corrected chi connectivity index (χ0v) is 12.9. The van der Waals surface area contributed by atoms with E-state index in [1.54, 1.807) is 12.1 Å². The van der Waals surface area contributed by atoms with E-state index in [0.29, 0.717) is 6.54 Å². The van der Waals surface area contributed by atoms with Gasteiger partial charge in [-0.25, -0.2) is 4.39 Å². The SMILES string of the molecule is CCC(N)C(c1ccc(F)cc1)N1CCNC(=O)C1(C)C. The fourth-order valence-electron chi connectivity index (χ4n) is 2.94. The molecule has 0 spiro atoms. The lowest BCUT2D eigenvalue weighted by Gasteiger charge is -2.47. The molecule has 0 aromatic heterocycles. The molecule has 1 saturated heterocycles. The highest BCUT2D eigenvalue weighted by Gasteiger charge is 2.43. The van der Waals surface area contributed by atoms with E-state index in [4.69, 9.17) is 5.73 Å². The third kappa shape index (κ3) is 3.09. The Morgan fingerprint density at radius 1 is 1.38 bits per heavy atom. The fourth-order valence-corrected chi connectivity index (χ4v) is 2.94. The first-order chi connectivity index (χ1) is 9.87. The first-order valence-electron chi connectivity index (χ1n) is 7.44. The standard InChI is InChI=1S/C16H24FN3O/c1-4-13(18)14(11-5-7-12(17)8-6-11)20-10-9-19-15(21)16(20,2)3/h5-8,13-14H,4,9-10,18H2,1-3H3,(H,19,21). The van der Waals surface area contributed by atoms with E-state index >= 15 is 0 Å².